The molecule has 0 saturated carbocycles. The van der Waals surface area contributed by atoms with Crippen LogP contribution in [-0.2, 0) is 31.2 Å². The Kier molecular flexibility index (Phi) is 7.95. The van der Waals surface area contributed by atoms with E-state index in [1.54, 1.807) is 7.11 Å². The van der Waals surface area contributed by atoms with Crippen molar-refractivity contribution in [3.63, 3.8) is 0 Å². The minimum atomic E-state index is -0.639. The summed E-state index contributed by atoms with van der Waals surface area (Å²) in [7, 11) is 4.08. The third-order valence-corrected chi connectivity index (χ3v) is 7.08. The number of carbonyl (C=O) groups is 2. The number of carbonyl (C=O) groups excluding carboxylic acids is 2. The molecule has 0 atom stereocenters. The summed E-state index contributed by atoms with van der Waals surface area (Å²) in [6.07, 6.45) is -0.233. The molecule has 0 aliphatic carbocycles. The molecule has 3 heterocycles. The Bertz CT molecular complexity index is 1140. The van der Waals surface area contributed by atoms with Gasteiger partial charge in [0.2, 0.25) is 5.13 Å². The van der Waals surface area contributed by atoms with Crippen LogP contribution in [0.3, 0.4) is 0 Å². The van der Waals surface area contributed by atoms with E-state index in [1.807, 2.05) is 0 Å². The zero-order valence-electron chi connectivity index (χ0n) is 16.8. The van der Waals surface area contributed by atoms with Gasteiger partial charge in [0.05, 0.1) is 38.4 Å². The first kappa shape index (κ1) is 23.1. The van der Waals surface area contributed by atoms with Crippen LogP contribution in [0.15, 0.2) is 9.13 Å². The summed E-state index contributed by atoms with van der Waals surface area (Å²) in [4.78, 5) is 44.3. The standard InChI is InChI=1S/C17H19N5O6S3/c1-26-5-4-18-16-21-22-17(31-16)29-7-9-19-13(24)11-8(6-10(23)27-2)12(15(25)28-3)30-14(11)20-9/h4-7H2,1-3H3,(H,18,21)(H,19,20,24). The fourth-order valence-electron chi connectivity index (χ4n) is 2.55. The maximum Gasteiger partial charge on any atom is 0.348 e. The van der Waals surface area contributed by atoms with Crippen LogP contribution in [0.5, 0.6) is 0 Å². The summed E-state index contributed by atoms with van der Waals surface area (Å²) in [6.45, 7) is 1.18. The number of fused-ring (bicyclic) bond motifs is 1. The summed E-state index contributed by atoms with van der Waals surface area (Å²) < 4.78 is 15.1. The molecule has 0 radical (unpaired) electrons. The zero-order chi connectivity index (χ0) is 22.4. The van der Waals surface area contributed by atoms with Crippen LogP contribution in [0.1, 0.15) is 21.1 Å². The molecule has 0 bridgehead atoms. The van der Waals surface area contributed by atoms with Crippen molar-refractivity contribution in [3.8, 4) is 0 Å². The monoisotopic (exact) mass is 485 g/mol. The van der Waals surface area contributed by atoms with Crippen LogP contribution in [0.4, 0.5) is 5.13 Å². The van der Waals surface area contributed by atoms with E-state index in [4.69, 9.17) is 9.47 Å². The summed E-state index contributed by atoms with van der Waals surface area (Å²) in [5.41, 5.74) is -0.187. The second kappa shape index (κ2) is 10.7. The van der Waals surface area contributed by atoms with Crippen LogP contribution in [0, 0.1) is 0 Å². The van der Waals surface area contributed by atoms with Gasteiger partial charge in [-0.2, -0.15) is 0 Å². The van der Waals surface area contributed by atoms with E-state index in [1.165, 1.54) is 37.3 Å². The van der Waals surface area contributed by atoms with Gasteiger partial charge in [-0.1, -0.05) is 23.1 Å². The number of nitrogens with zero attached hydrogens (tertiary/aromatic N) is 3. The fourth-order valence-corrected chi connectivity index (χ4v) is 5.33. The molecule has 0 aromatic carbocycles. The Morgan fingerprint density at radius 2 is 1.97 bits per heavy atom. The van der Waals surface area contributed by atoms with Crippen molar-refractivity contribution in [2.45, 2.75) is 16.5 Å². The van der Waals surface area contributed by atoms with Gasteiger partial charge in [0, 0.05) is 19.2 Å². The molecule has 0 unspecified atom stereocenters. The molecule has 166 valence electrons. The second-order valence-electron chi connectivity index (χ2n) is 5.93. The first-order chi connectivity index (χ1) is 15.0. The molecule has 0 amide bonds. The van der Waals surface area contributed by atoms with E-state index in [2.05, 4.69) is 30.2 Å². The van der Waals surface area contributed by atoms with Crippen molar-refractivity contribution >= 4 is 61.7 Å². The number of hydrogen-bond donors (Lipinski definition) is 2. The lowest BCUT2D eigenvalue weighted by Crippen LogP contribution is -2.15. The van der Waals surface area contributed by atoms with Crippen molar-refractivity contribution < 1.29 is 23.8 Å². The SMILES string of the molecule is COCCNc1nnc(SCc2nc3sc(C(=O)OC)c(CC(=O)OC)c3c(=O)[nH]2)s1. The minimum absolute atomic E-state index is 0.154. The van der Waals surface area contributed by atoms with Crippen molar-refractivity contribution in [2.24, 2.45) is 0 Å². The predicted octanol–water partition coefficient (Wildman–Crippen LogP) is 1.69. The van der Waals surface area contributed by atoms with Gasteiger partial charge < -0.3 is 24.5 Å². The summed E-state index contributed by atoms with van der Waals surface area (Å²) in [5, 5.41) is 12.1. The average Bonchev–Trinajstić information content (AvgIpc) is 3.36. The molecule has 0 spiro atoms. The topological polar surface area (TPSA) is 145 Å². The average molecular weight is 486 g/mol. The Morgan fingerprint density at radius 1 is 1.16 bits per heavy atom. The summed E-state index contributed by atoms with van der Waals surface area (Å²) >= 11 is 3.75. The van der Waals surface area contributed by atoms with E-state index < -0.39 is 17.5 Å². The number of aromatic amines is 1. The number of esters is 2. The van der Waals surface area contributed by atoms with Crippen LogP contribution in [0.25, 0.3) is 10.2 Å². The predicted molar refractivity (Wildman–Crippen MR) is 117 cm³/mol. The van der Waals surface area contributed by atoms with E-state index in [9.17, 15) is 14.4 Å². The largest absolute Gasteiger partial charge is 0.469 e. The van der Waals surface area contributed by atoms with Gasteiger partial charge in [-0.25, -0.2) is 9.78 Å². The van der Waals surface area contributed by atoms with Gasteiger partial charge in [-0.15, -0.1) is 21.5 Å². The molecule has 0 fully saturated rings. The lowest BCUT2D eigenvalue weighted by Gasteiger charge is -2.02. The van der Waals surface area contributed by atoms with Crippen LogP contribution in [0.2, 0.25) is 0 Å². The molecule has 0 aliphatic heterocycles. The number of thioether (sulfide) groups is 1. The van der Waals surface area contributed by atoms with Gasteiger partial charge in [-0.3, -0.25) is 9.59 Å². The van der Waals surface area contributed by atoms with Gasteiger partial charge in [0.25, 0.3) is 5.56 Å². The highest BCUT2D eigenvalue weighted by atomic mass is 32.2. The molecule has 14 heteroatoms. The molecule has 11 nitrogen and oxygen atoms in total. The lowest BCUT2D eigenvalue weighted by molar-refractivity contribution is -0.139. The molecule has 0 saturated heterocycles. The second-order valence-corrected chi connectivity index (χ2v) is 9.13. The molecule has 3 aromatic rings. The Morgan fingerprint density at radius 3 is 2.68 bits per heavy atom. The first-order valence-electron chi connectivity index (χ1n) is 8.85. The number of H-pyrrole nitrogens is 1. The van der Waals surface area contributed by atoms with E-state index in [0.717, 1.165) is 11.3 Å². The number of rotatable bonds is 10. The Balaban J connectivity index is 1.82. The van der Waals surface area contributed by atoms with Gasteiger partial charge >= 0.3 is 11.9 Å². The number of anilines is 1. The first-order valence-corrected chi connectivity index (χ1v) is 11.5. The number of ether oxygens (including phenoxy) is 3. The zero-order valence-corrected chi connectivity index (χ0v) is 19.3. The van der Waals surface area contributed by atoms with E-state index >= 15 is 0 Å². The molecular weight excluding hydrogens is 466 g/mol. The van der Waals surface area contributed by atoms with Crippen molar-refractivity contribution in [3.05, 3.63) is 26.6 Å². The number of methoxy groups -OCH3 is 3. The number of thiophene rings is 1. The van der Waals surface area contributed by atoms with Crippen molar-refractivity contribution in [2.75, 3.05) is 39.8 Å². The van der Waals surface area contributed by atoms with E-state index in [0.29, 0.717) is 39.0 Å². The van der Waals surface area contributed by atoms with Crippen molar-refractivity contribution in [1.29, 1.82) is 0 Å². The summed E-state index contributed by atoms with van der Waals surface area (Å²) in [5.74, 6) is -0.459. The quantitative estimate of drug-likeness (QED) is 0.246. The highest BCUT2D eigenvalue weighted by Gasteiger charge is 2.24. The van der Waals surface area contributed by atoms with Crippen molar-refractivity contribution in [1.82, 2.24) is 20.2 Å². The molecule has 3 aromatic heterocycles. The number of nitrogens with one attached hydrogen (secondary N) is 2. The molecular formula is C17H19N5O6S3. The number of hydrogen-bond acceptors (Lipinski definition) is 13. The highest BCUT2D eigenvalue weighted by Crippen LogP contribution is 2.31. The fraction of sp³-hybridized carbons (Fsp3) is 0.412. The molecule has 31 heavy (non-hydrogen) atoms. The third-order valence-electron chi connectivity index (χ3n) is 3.95. The summed E-state index contributed by atoms with van der Waals surface area (Å²) in [6, 6.07) is 0. The van der Waals surface area contributed by atoms with Gasteiger partial charge in [-0.05, 0) is 0 Å². The normalized spacial score (nSPS) is 10.9. The van der Waals surface area contributed by atoms with Crippen LogP contribution >= 0.6 is 34.4 Å². The van der Waals surface area contributed by atoms with Gasteiger partial charge in [0.1, 0.15) is 15.5 Å². The lowest BCUT2D eigenvalue weighted by atomic mass is 10.1. The molecule has 0 aliphatic rings. The molecule has 2 N–H and O–H groups in total. The van der Waals surface area contributed by atoms with E-state index in [-0.39, 0.29) is 22.2 Å². The van der Waals surface area contributed by atoms with Crippen LogP contribution < -0.4 is 10.9 Å². The molecule has 3 rings (SSSR count). The van der Waals surface area contributed by atoms with Gasteiger partial charge in [0.15, 0.2) is 4.34 Å². The maximum atomic E-state index is 12.7. The Hall–Kier alpha value is -2.55. The number of aromatic nitrogens is 4. The minimum Gasteiger partial charge on any atom is -0.469 e. The Labute approximate surface area is 188 Å². The van der Waals surface area contributed by atoms with Crippen LogP contribution in [-0.4, -0.2) is 66.6 Å². The smallest absolute Gasteiger partial charge is 0.348 e. The highest BCUT2D eigenvalue weighted by molar-refractivity contribution is 8.00. The maximum absolute atomic E-state index is 12.7. The third kappa shape index (κ3) is 5.58.